The van der Waals surface area contributed by atoms with Crippen LogP contribution in [0, 0.1) is 0 Å². The first-order valence-electron chi connectivity index (χ1n) is 6.71. The second kappa shape index (κ2) is 9.10. The van der Waals surface area contributed by atoms with Gasteiger partial charge in [-0.1, -0.05) is 0 Å². The van der Waals surface area contributed by atoms with Crippen molar-refractivity contribution in [2.45, 2.75) is 25.9 Å². The number of unbranched alkanes of at least 4 members (excludes halogenated alkanes) is 1. The number of methoxy groups -OCH3 is 2. The van der Waals surface area contributed by atoms with Crippen molar-refractivity contribution in [3.63, 3.8) is 0 Å². The molecule has 6 heteroatoms. The maximum Gasteiger partial charge on any atom is 0.335 e. The van der Waals surface area contributed by atoms with Gasteiger partial charge in [-0.2, -0.15) is 0 Å². The number of benzene rings is 1. The molecule has 0 spiro atoms. The molecule has 0 heterocycles. The van der Waals surface area contributed by atoms with Crippen LogP contribution in [0.3, 0.4) is 0 Å². The molecular weight excluding hydrogens is 274 g/mol. The molecule has 0 bridgehead atoms. The molecule has 0 fully saturated rings. The Bertz CT molecular complexity index is 487. The molecule has 0 aliphatic carbocycles. The summed E-state index contributed by atoms with van der Waals surface area (Å²) in [6, 6.07) is 4.68. The Morgan fingerprint density at radius 2 is 1.90 bits per heavy atom. The number of carboxylic acid groups (broad SMARTS) is 1. The molecule has 0 atom stereocenters. The summed E-state index contributed by atoms with van der Waals surface area (Å²) in [6.07, 6.45) is 1.91. The summed E-state index contributed by atoms with van der Waals surface area (Å²) in [7, 11) is 3.15. The number of hydrogen-bond acceptors (Lipinski definition) is 4. The number of anilines is 1. The maximum atomic E-state index is 11.8. The molecule has 0 saturated carbocycles. The Morgan fingerprint density at radius 1 is 1.14 bits per heavy atom. The number of carbonyl (C=O) groups excluding carboxylic acids is 1. The van der Waals surface area contributed by atoms with E-state index in [4.69, 9.17) is 14.6 Å². The minimum atomic E-state index is -1.04. The number of hydrogen-bond donors (Lipinski definition) is 2. The van der Waals surface area contributed by atoms with Crippen molar-refractivity contribution in [1.82, 2.24) is 0 Å². The number of carboxylic acids is 1. The normalized spacial score (nSPS) is 10.4. The maximum absolute atomic E-state index is 11.8. The molecule has 0 aliphatic rings. The van der Waals surface area contributed by atoms with Gasteiger partial charge >= 0.3 is 5.97 Å². The molecule has 1 aromatic carbocycles. The van der Waals surface area contributed by atoms with Crippen molar-refractivity contribution in [3.05, 3.63) is 29.3 Å². The van der Waals surface area contributed by atoms with Crippen LogP contribution in [0.25, 0.3) is 0 Å². The molecule has 0 aliphatic heterocycles. The first kappa shape index (κ1) is 17.1. The molecule has 1 aromatic rings. The highest BCUT2D eigenvalue weighted by molar-refractivity contribution is 5.94. The van der Waals surface area contributed by atoms with E-state index in [1.807, 2.05) is 0 Å². The molecule has 21 heavy (non-hydrogen) atoms. The average Bonchev–Trinajstić information content (AvgIpc) is 2.43. The van der Waals surface area contributed by atoms with E-state index in [0.29, 0.717) is 24.3 Å². The van der Waals surface area contributed by atoms with Crippen LogP contribution in [0.4, 0.5) is 5.69 Å². The highest BCUT2D eigenvalue weighted by atomic mass is 16.5. The highest BCUT2D eigenvalue weighted by Crippen LogP contribution is 2.16. The van der Waals surface area contributed by atoms with Gasteiger partial charge in [-0.15, -0.1) is 0 Å². The van der Waals surface area contributed by atoms with Crippen molar-refractivity contribution in [3.8, 4) is 0 Å². The summed E-state index contributed by atoms with van der Waals surface area (Å²) in [5, 5.41) is 11.8. The fourth-order valence-corrected chi connectivity index (χ4v) is 1.89. The largest absolute Gasteiger partial charge is 0.478 e. The quantitative estimate of drug-likeness (QED) is 0.683. The molecule has 6 nitrogen and oxygen atoms in total. The molecule has 1 rings (SSSR count). The lowest BCUT2D eigenvalue weighted by atomic mass is 10.1. The van der Waals surface area contributed by atoms with Gasteiger partial charge < -0.3 is 19.9 Å². The Kier molecular flexibility index (Phi) is 7.42. The van der Waals surface area contributed by atoms with Gasteiger partial charge in [0.05, 0.1) is 12.2 Å². The van der Waals surface area contributed by atoms with Crippen LogP contribution in [0.5, 0.6) is 0 Å². The van der Waals surface area contributed by atoms with Gasteiger partial charge in [-0.25, -0.2) is 4.79 Å². The lowest BCUT2D eigenvalue weighted by Crippen LogP contribution is -2.12. The van der Waals surface area contributed by atoms with Crippen LogP contribution in [0.1, 0.15) is 35.2 Å². The minimum absolute atomic E-state index is 0.124. The zero-order chi connectivity index (χ0) is 15.7. The highest BCUT2D eigenvalue weighted by Gasteiger charge is 2.09. The van der Waals surface area contributed by atoms with Crippen molar-refractivity contribution in [2.24, 2.45) is 0 Å². The lowest BCUT2D eigenvalue weighted by molar-refractivity contribution is -0.116. The third-order valence-corrected chi connectivity index (χ3v) is 2.84. The van der Waals surface area contributed by atoms with Gasteiger partial charge in [-0.3, -0.25) is 4.79 Å². The molecule has 116 valence electrons. The molecule has 0 saturated heterocycles. The van der Waals surface area contributed by atoms with Crippen LogP contribution in [0.15, 0.2) is 18.2 Å². The number of amides is 1. The molecular formula is C15H21NO5. The summed E-state index contributed by atoms with van der Waals surface area (Å²) >= 11 is 0. The number of aromatic carboxylic acids is 1. The molecule has 1 amide bonds. The van der Waals surface area contributed by atoms with E-state index < -0.39 is 5.97 Å². The van der Waals surface area contributed by atoms with E-state index in [-0.39, 0.29) is 18.1 Å². The summed E-state index contributed by atoms with van der Waals surface area (Å²) in [6.45, 7) is 0.914. The average molecular weight is 295 g/mol. The van der Waals surface area contributed by atoms with Crippen LogP contribution >= 0.6 is 0 Å². The van der Waals surface area contributed by atoms with Gasteiger partial charge in [-0.05, 0) is 36.6 Å². The molecule has 2 N–H and O–H groups in total. The third-order valence-electron chi connectivity index (χ3n) is 2.84. The number of ether oxygens (including phenoxy) is 2. The zero-order valence-electron chi connectivity index (χ0n) is 12.3. The van der Waals surface area contributed by atoms with Gasteiger partial charge in [0.1, 0.15) is 0 Å². The minimum Gasteiger partial charge on any atom is -0.478 e. The summed E-state index contributed by atoms with van der Waals surface area (Å²) < 4.78 is 9.91. The van der Waals surface area contributed by atoms with E-state index in [0.717, 1.165) is 12.8 Å². The van der Waals surface area contributed by atoms with Gasteiger partial charge in [0, 0.05) is 32.9 Å². The van der Waals surface area contributed by atoms with Crippen LogP contribution in [-0.2, 0) is 20.9 Å². The summed E-state index contributed by atoms with van der Waals surface area (Å²) in [5.41, 5.74) is 1.30. The third kappa shape index (κ3) is 6.37. The lowest BCUT2D eigenvalue weighted by Gasteiger charge is -2.09. The van der Waals surface area contributed by atoms with Crippen LogP contribution in [0.2, 0.25) is 0 Å². The van der Waals surface area contributed by atoms with Gasteiger partial charge in [0.25, 0.3) is 0 Å². The topological polar surface area (TPSA) is 84.9 Å². The standard InChI is InChI=1S/C15H21NO5/c1-20-6-4-3-5-14(17)16-13-8-11(10-21-2)7-12(9-13)15(18)19/h7-9H,3-6,10H2,1-2H3,(H,16,17)(H,18,19). The Hall–Kier alpha value is -1.92. The fourth-order valence-electron chi connectivity index (χ4n) is 1.89. The molecule has 0 aromatic heterocycles. The predicted octanol–water partition coefficient (Wildman–Crippen LogP) is 2.29. The molecule has 0 unspecified atom stereocenters. The van der Waals surface area contributed by atoms with Crippen molar-refractivity contribution >= 4 is 17.6 Å². The number of rotatable bonds is 9. The Labute approximate surface area is 124 Å². The Balaban J connectivity index is 2.68. The first-order chi connectivity index (χ1) is 10.1. The van der Waals surface area contributed by atoms with E-state index in [1.54, 1.807) is 13.2 Å². The van der Waals surface area contributed by atoms with E-state index in [1.165, 1.54) is 19.2 Å². The second-order valence-corrected chi connectivity index (χ2v) is 4.65. The Morgan fingerprint density at radius 3 is 2.52 bits per heavy atom. The van der Waals surface area contributed by atoms with Crippen LogP contribution in [-0.4, -0.2) is 37.8 Å². The van der Waals surface area contributed by atoms with E-state index in [9.17, 15) is 9.59 Å². The van der Waals surface area contributed by atoms with Crippen molar-refractivity contribution in [1.29, 1.82) is 0 Å². The van der Waals surface area contributed by atoms with Gasteiger partial charge in [0.2, 0.25) is 5.91 Å². The fraction of sp³-hybridized carbons (Fsp3) is 0.467. The monoisotopic (exact) mass is 295 g/mol. The van der Waals surface area contributed by atoms with Crippen LogP contribution < -0.4 is 5.32 Å². The summed E-state index contributed by atoms with van der Waals surface area (Å²) in [5.74, 6) is -1.18. The second-order valence-electron chi connectivity index (χ2n) is 4.65. The number of nitrogens with one attached hydrogen (secondary N) is 1. The molecule has 0 radical (unpaired) electrons. The predicted molar refractivity (Wildman–Crippen MR) is 78.5 cm³/mol. The first-order valence-corrected chi connectivity index (χ1v) is 6.71. The number of carbonyl (C=O) groups is 2. The zero-order valence-corrected chi connectivity index (χ0v) is 12.3. The SMILES string of the molecule is COCCCCC(=O)Nc1cc(COC)cc(C(=O)O)c1. The van der Waals surface area contributed by atoms with E-state index >= 15 is 0 Å². The smallest absolute Gasteiger partial charge is 0.335 e. The van der Waals surface area contributed by atoms with E-state index in [2.05, 4.69) is 5.32 Å². The summed E-state index contributed by atoms with van der Waals surface area (Å²) in [4.78, 5) is 22.9. The van der Waals surface area contributed by atoms with Crippen molar-refractivity contribution in [2.75, 3.05) is 26.1 Å². The van der Waals surface area contributed by atoms with Crippen molar-refractivity contribution < 1.29 is 24.2 Å². The van der Waals surface area contributed by atoms with Gasteiger partial charge in [0.15, 0.2) is 0 Å².